The first kappa shape index (κ1) is 23.5. The van der Waals surface area contributed by atoms with Crippen molar-refractivity contribution >= 4 is 5.97 Å². The number of benzene rings is 1. The molecule has 12 heteroatoms. The number of ether oxygens (including phenoxy) is 5. The molecule has 35 heavy (non-hydrogen) atoms. The van der Waals surface area contributed by atoms with Crippen molar-refractivity contribution in [1.29, 1.82) is 0 Å². The smallest absolute Gasteiger partial charge is 0.338 e. The molecule has 8 rings (SSSR count). The molecule has 4 aliphatic heterocycles. The van der Waals surface area contributed by atoms with Gasteiger partial charge < -0.3 is 54.3 Å². The Labute approximate surface area is 199 Å². The zero-order valence-corrected chi connectivity index (χ0v) is 18.8. The van der Waals surface area contributed by atoms with Gasteiger partial charge in [-0.05, 0) is 37.6 Å². The average molecular weight is 496 g/mol. The van der Waals surface area contributed by atoms with Gasteiger partial charge in [0, 0.05) is 12.3 Å². The van der Waals surface area contributed by atoms with E-state index in [-0.39, 0.29) is 30.8 Å². The lowest BCUT2D eigenvalue weighted by atomic mass is 9.41. The first-order chi connectivity index (χ1) is 16.5. The molecule has 3 aliphatic carbocycles. The van der Waals surface area contributed by atoms with E-state index < -0.39 is 77.9 Å². The fourth-order valence-electron chi connectivity index (χ4n) is 6.90. The summed E-state index contributed by atoms with van der Waals surface area (Å²) in [6.45, 7) is 0.878. The first-order valence-corrected chi connectivity index (χ1v) is 11.5. The molecule has 0 radical (unpaired) electrons. The quantitative estimate of drug-likeness (QED) is 0.247. The maximum Gasteiger partial charge on any atom is 0.338 e. The molecule has 6 N–H and O–H groups in total. The van der Waals surface area contributed by atoms with E-state index in [9.17, 15) is 35.4 Å². The molecule has 6 bridgehead atoms. The zero-order chi connectivity index (χ0) is 25.0. The van der Waals surface area contributed by atoms with E-state index in [1.54, 1.807) is 6.92 Å². The number of rotatable bonds is 6. The van der Waals surface area contributed by atoms with Crippen LogP contribution in [0.3, 0.4) is 0 Å². The van der Waals surface area contributed by atoms with E-state index in [4.69, 9.17) is 23.7 Å². The van der Waals surface area contributed by atoms with Crippen LogP contribution in [-0.4, -0.2) is 104 Å². The number of phenols is 1. The summed E-state index contributed by atoms with van der Waals surface area (Å²) in [4.78, 5) is 12.7. The third-order valence-electron chi connectivity index (χ3n) is 8.66. The molecule has 7 aliphatic rings. The lowest BCUT2D eigenvalue weighted by Crippen LogP contribution is -2.80. The summed E-state index contributed by atoms with van der Waals surface area (Å²) in [6.07, 6.45) is -8.10. The molecule has 0 amide bonds. The fraction of sp³-hybridized carbons (Fsp3) is 0.696. The molecule has 192 valence electrons. The van der Waals surface area contributed by atoms with Gasteiger partial charge in [-0.2, -0.15) is 0 Å². The van der Waals surface area contributed by atoms with Gasteiger partial charge in [-0.25, -0.2) is 4.79 Å². The van der Waals surface area contributed by atoms with Crippen LogP contribution in [0.4, 0.5) is 0 Å². The molecule has 3 saturated carbocycles. The van der Waals surface area contributed by atoms with Gasteiger partial charge >= 0.3 is 5.97 Å². The third kappa shape index (κ3) is 2.80. The van der Waals surface area contributed by atoms with Gasteiger partial charge in [0.25, 0.3) is 0 Å². The Morgan fingerprint density at radius 3 is 2.51 bits per heavy atom. The van der Waals surface area contributed by atoms with Crippen LogP contribution in [0.25, 0.3) is 0 Å². The van der Waals surface area contributed by atoms with Gasteiger partial charge in [-0.15, -0.1) is 0 Å². The molecule has 0 spiro atoms. The second-order valence-electron chi connectivity index (χ2n) is 10.4. The molecule has 0 unspecified atom stereocenters. The summed E-state index contributed by atoms with van der Waals surface area (Å²) in [5.74, 6) is -2.68. The van der Waals surface area contributed by atoms with Crippen molar-refractivity contribution < 1.29 is 59.1 Å². The monoisotopic (exact) mass is 496 g/mol. The van der Waals surface area contributed by atoms with Gasteiger partial charge in [0.15, 0.2) is 18.4 Å². The molecule has 4 saturated heterocycles. The second kappa shape index (κ2) is 7.34. The van der Waals surface area contributed by atoms with E-state index in [0.717, 1.165) is 0 Å². The van der Waals surface area contributed by atoms with Gasteiger partial charge in [0.1, 0.15) is 48.0 Å². The van der Waals surface area contributed by atoms with Crippen LogP contribution >= 0.6 is 0 Å². The Balaban J connectivity index is 1.31. The summed E-state index contributed by atoms with van der Waals surface area (Å²) in [5.41, 5.74) is -3.27. The molecule has 7 fully saturated rings. The minimum Gasteiger partial charge on any atom is -0.508 e. The van der Waals surface area contributed by atoms with Crippen molar-refractivity contribution in [3.63, 3.8) is 0 Å². The van der Waals surface area contributed by atoms with Gasteiger partial charge in [0.2, 0.25) is 0 Å². The van der Waals surface area contributed by atoms with Gasteiger partial charge in [-0.1, -0.05) is 0 Å². The number of carbonyl (C=O) groups is 1. The van der Waals surface area contributed by atoms with E-state index in [0.29, 0.717) is 0 Å². The Morgan fingerprint density at radius 1 is 1.11 bits per heavy atom. The molecular formula is C23H28O12. The van der Waals surface area contributed by atoms with E-state index in [1.165, 1.54) is 24.3 Å². The SMILES string of the molecule is C[C@]12C[C@]3(O)O[C@@H](O1)[C@]1(COC(=O)c4ccc(O)cc4)[C@@H]3C[C@]12O[C@@H]1O[C@@H](CO)[C@H](O)[C@@H](O)[C@@H]1O. The highest BCUT2D eigenvalue weighted by Gasteiger charge is 2.94. The minimum atomic E-state index is -1.64. The van der Waals surface area contributed by atoms with E-state index >= 15 is 0 Å². The van der Waals surface area contributed by atoms with Gasteiger partial charge in [0.05, 0.1) is 17.6 Å². The number of aromatic hydroxyl groups is 1. The fourth-order valence-corrected chi connectivity index (χ4v) is 6.90. The number of hydrogen-bond acceptors (Lipinski definition) is 12. The molecule has 1 aromatic rings. The van der Waals surface area contributed by atoms with Crippen molar-refractivity contribution in [2.24, 2.45) is 11.3 Å². The maximum absolute atomic E-state index is 12.7. The number of carbonyl (C=O) groups excluding carboxylic acids is 1. The molecular weight excluding hydrogens is 468 g/mol. The highest BCUT2D eigenvalue weighted by atomic mass is 16.8. The summed E-state index contributed by atoms with van der Waals surface area (Å²) in [5, 5.41) is 61.2. The van der Waals surface area contributed by atoms with Crippen LogP contribution in [0.1, 0.15) is 30.1 Å². The highest BCUT2D eigenvalue weighted by Crippen LogP contribution is 2.81. The number of aliphatic hydroxyl groups is 5. The topological polar surface area (TPSA) is 185 Å². The molecule has 1 aromatic carbocycles. The van der Waals surface area contributed by atoms with Gasteiger partial charge in [-0.3, -0.25) is 0 Å². The van der Waals surface area contributed by atoms with Crippen molar-refractivity contribution in [3.8, 4) is 5.75 Å². The zero-order valence-electron chi connectivity index (χ0n) is 18.8. The van der Waals surface area contributed by atoms with Crippen LogP contribution < -0.4 is 0 Å². The van der Waals surface area contributed by atoms with E-state index in [1.807, 2.05) is 0 Å². The number of esters is 1. The third-order valence-corrected chi connectivity index (χ3v) is 8.66. The summed E-state index contributed by atoms with van der Waals surface area (Å²) >= 11 is 0. The van der Waals surface area contributed by atoms with Crippen LogP contribution in [0.2, 0.25) is 0 Å². The van der Waals surface area contributed by atoms with Crippen LogP contribution in [0.15, 0.2) is 24.3 Å². The van der Waals surface area contributed by atoms with Crippen molar-refractivity contribution in [1.82, 2.24) is 0 Å². The molecule has 4 heterocycles. The highest BCUT2D eigenvalue weighted by molar-refractivity contribution is 5.89. The predicted molar refractivity (Wildman–Crippen MR) is 110 cm³/mol. The van der Waals surface area contributed by atoms with Crippen LogP contribution in [-0.2, 0) is 23.7 Å². The summed E-state index contributed by atoms with van der Waals surface area (Å²) in [6, 6.07) is 5.54. The largest absolute Gasteiger partial charge is 0.508 e. The average Bonchev–Trinajstić information content (AvgIpc) is 3.00. The Kier molecular flexibility index (Phi) is 4.93. The van der Waals surface area contributed by atoms with E-state index in [2.05, 4.69) is 0 Å². The van der Waals surface area contributed by atoms with Crippen LogP contribution in [0, 0.1) is 11.3 Å². The van der Waals surface area contributed by atoms with Crippen molar-refractivity contribution in [2.45, 2.75) is 73.8 Å². The number of hydrogen-bond donors (Lipinski definition) is 6. The van der Waals surface area contributed by atoms with Crippen molar-refractivity contribution in [3.05, 3.63) is 29.8 Å². The Hall–Kier alpha value is -1.87. The Bertz CT molecular complexity index is 1030. The summed E-state index contributed by atoms with van der Waals surface area (Å²) in [7, 11) is 0. The number of phenolic OH excluding ortho intramolecular Hbond substituents is 1. The summed E-state index contributed by atoms with van der Waals surface area (Å²) < 4.78 is 29.6. The maximum atomic E-state index is 12.7. The standard InChI is InChI=1S/C23H28O12/c1-20-8-22(30)13-6-23(20,33-18-16(28)15(27)14(26)12(7-24)32-18)21(13,19(34-20)35-22)9-31-17(29)10-2-4-11(25)5-3-10/h2-5,12-16,18-19,24-28,30H,6-9H2,1H3/t12-,13-,14-,15+,16-,18-,19+,20+,21-,22-,23+/m0/s1. The predicted octanol–water partition coefficient (Wildman–Crippen LogP) is -1.65. The Morgan fingerprint density at radius 2 is 1.83 bits per heavy atom. The second-order valence-corrected chi connectivity index (χ2v) is 10.4. The molecule has 11 atom stereocenters. The number of aliphatic hydroxyl groups excluding tert-OH is 4. The molecule has 0 aromatic heterocycles. The lowest BCUT2D eigenvalue weighted by Gasteiger charge is -2.67. The lowest BCUT2D eigenvalue weighted by molar-refractivity contribution is -0.424. The molecule has 12 nitrogen and oxygen atoms in total. The minimum absolute atomic E-state index is 0.00282. The first-order valence-electron chi connectivity index (χ1n) is 11.5. The van der Waals surface area contributed by atoms with Crippen LogP contribution in [0.5, 0.6) is 5.75 Å². The van der Waals surface area contributed by atoms with Crippen molar-refractivity contribution in [2.75, 3.05) is 13.2 Å². The normalized spacial score (nSPS) is 51.3.